The molecule has 3 aromatic rings. The summed E-state index contributed by atoms with van der Waals surface area (Å²) in [6.45, 7) is 3.57. The zero-order chi connectivity index (χ0) is 18.7. The summed E-state index contributed by atoms with van der Waals surface area (Å²) in [5.74, 6) is 0.159. The number of nitrogens with zero attached hydrogens (tertiary/aromatic N) is 2. The van der Waals surface area contributed by atoms with E-state index in [4.69, 9.17) is 11.6 Å². The maximum atomic E-state index is 12.5. The molecule has 0 saturated carbocycles. The van der Waals surface area contributed by atoms with Crippen LogP contribution in [0.4, 0.5) is 0 Å². The highest BCUT2D eigenvalue weighted by Gasteiger charge is 2.17. The number of nitrogens with one attached hydrogen (secondary N) is 1. The number of rotatable bonds is 5. The second-order valence-corrected chi connectivity index (χ2v) is 7.31. The molecule has 0 aliphatic heterocycles. The Kier molecular flexibility index (Phi) is 5.66. The number of benzene rings is 1. The zero-order valence-electron chi connectivity index (χ0n) is 14.4. The van der Waals surface area contributed by atoms with E-state index >= 15 is 0 Å². The van der Waals surface area contributed by atoms with Crippen molar-refractivity contribution in [2.24, 2.45) is 0 Å². The Morgan fingerprint density at radius 2 is 2.00 bits per heavy atom. The number of hydrogen-bond acceptors (Lipinski definition) is 5. The van der Waals surface area contributed by atoms with Crippen molar-refractivity contribution in [3.05, 3.63) is 58.1 Å². The number of aliphatic hydroxyl groups is 1. The summed E-state index contributed by atoms with van der Waals surface area (Å²) in [7, 11) is 0. The second kappa shape index (κ2) is 7.95. The number of thiophene rings is 1. The summed E-state index contributed by atoms with van der Waals surface area (Å²) in [5, 5.41) is 14.5. The molecule has 7 heteroatoms. The highest BCUT2D eigenvalue weighted by Crippen LogP contribution is 2.29. The number of carbonyl (C=O) groups is 1. The molecular formula is C19H18ClN3O2S. The second-order valence-electron chi connectivity index (χ2n) is 5.96. The summed E-state index contributed by atoms with van der Waals surface area (Å²) >= 11 is 7.50. The summed E-state index contributed by atoms with van der Waals surface area (Å²) in [6, 6.07) is 10.6. The van der Waals surface area contributed by atoms with E-state index in [0.29, 0.717) is 16.5 Å². The monoisotopic (exact) mass is 387 g/mol. The van der Waals surface area contributed by atoms with Crippen molar-refractivity contribution in [3.63, 3.8) is 0 Å². The first kappa shape index (κ1) is 18.5. The first-order chi connectivity index (χ1) is 12.5. The average molecular weight is 388 g/mol. The topological polar surface area (TPSA) is 75.1 Å². The molecule has 0 aliphatic rings. The fourth-order valence-electron chi connectivity index (χ4n) is 2.38. The van der Waals surface area contributed by atoms with E-state index < -0.39 is 0 Å². The standard InChI is InChI=1S/C19H18ClN3O2S/c1-11-7-8-26-17(11)18-22-15(13-3-5-14(20)6-4-13)9-16(23-18)19(25)21-12(2)10-24/h3-9,12,24H,10H2,1-2H3,(H,21,25)/t12-/m0/s1. The molecule has 3 rings (SSSR count). The van der Waals surface area contributed by atoms with Crippen LogP contribution in [-0.4, -0.2) is 33.6 Å². The number of halogens is 1. The van der Waals surface area contributed by atoms with Crippen molar-refractivity contribution in [2.75, 3.05) is 6.61 Å². The third kappa shape index (κ3) is 4.09. The molecule has 26 heavy (non-hydrogen) atoms. The van der Waals surface area contributed by atoms with Gasteiger partial charge in [0.05, 0.1) is 17.2 Å². The van der Waals surface area contributed by atoms with Gasteiger partial charge in [-0.15, -0.1) is 11.3 Å². The molecule has 5 nitrogen and oxygen atoms in total. The molecule has 0 spiro atoms. The predicted octanol–water partition coefficient (Wildman–Crippen LogP) is 3.94. The zero-order valence-corrected chi connectivity index (χ0v) is 15.9. The summed E-state index contributed by atoms with van der Waals surface area (Å²) in [5.41, 5.74) is 2.80. The smallest absolute Gasteiger partial charge is 0.270 e. The van der Waals surface area contributed by atoms with Crippen molar-refractivity contribution < 1.29 is 9.90 Å². The fraction of sp³-hybridized carbons (Fsp3) is 0.211. The molecule has 0 aliphatic carbocycles. The molecule has 1 amide bonds. The largest absolute Gasteiger partial charge is 0.394 e. The Hall–Kier alpha value is -2.28. The van der Waals surface area contributed by atoms with Gasteiger partial charge in [-0.3, -0.25) is 4.79 Å². The van der Waals surface area contributed by atoms with E-state index in [2.05, 4.69) is 15.3 Å². The Labute approximate surface area is 160 Å². The van der Waals surface area contributed by atoms with Gasteiger partial charge in [0, 0.05) is 16.6 Å². The van der Waals surface area contributed by atoms with Gasteiger partial charge in [0.25, 0.3) is 5.91 Å². The van der Waals surface area contributed by atoms with Crippen molar-refractivity contribution >= 4 is 28.8 Å². The molecule has 2 heterocycles. The Morgan fingerprint density at radius 3 is 2.62 bits per heavy atom. The molecule has 2 N–H and O–H groups in total. The summed E-state index contributed by atoms with van der Waals surface area (Å²) < 4.78 is 0. The number of carbonyl (C=O) groups excluding carboxylic acids is 1. The maximum absolute atomic E-state index is 12.5. The molecule has 0 fully saturated rings. The van der Waals surface area contributed by atoms with Crippen LogP contribution in [0.5, 0.6) is 0 Å². The molecule has 0 unspecified atom stereocenters. The van der Waals surface area contributed by atoms with Gasteiger partial charge in [0.1, 0.15) is 5.69 Å². The number of amides is 1. The Balaban J connectivity index is 2.09. The lowest BCUT2D eigenvalue weighted by atomic mass is 10.1. The lowest BCUT2D eigenvalue weighted by Crippen LogP contribution is -2.35. The van der Waals surface area contributed by atoms with Crippen LogP contribution in [0.15, 0.2) is 41.8 Å². The quantitative estimate of drug-likeness (QED) is 0.695. The summed E-state index contributed by atoms with van der Waals surface area (Å²) in [4.78, 5) is 22.5. The minimum Gasteiger partial charge on any atom is -0.394 e. The number of aromatic nitrogens is 2. The molecule has 1 aromatic carbocycles. The normalized spacial score (nSPS) is 12.0. The van der Waals surface area contributed by atoms with Crippen LogP contribution in [-0.2, 0) is 0 Å². The van der Waals surface area contributed by atoms with Gasteiger partial charge >= 0.3 is 0 Å². The van der Waals surface area contributed by atoms with Gasteiger partial charge in [-0.2, -0.15) is 0 Å². The Morgan fingerprint density at radius 1 is 1.27 bits per heavy atom. The molecule has 0 bridgehead atoms. The van der Waals surface area contributed by atoms with Gasteiger partial charge < -0.3 is 10.4 Å². The Bertz CT molecular complexity index is 925. The molecule has 1 atom stereocenters. The van der Waals surface area contributed by atoms with Crippen molar-refractivity contribution in [1.82, 2.24) is 15.3 Å². The SMILES string of the molecule is Cc1ccsc1-c1nc(C(=O)N[C@@H](C)CO)cc(-c2ccc(Cl)cc2)n1. The van der Waals surface area contributed by atoms with Gasteiger partial charge in [-0.25, -0.2) is 9.97 Å². The minimum absolute atomic E-state index is 0.141. The predicted molar refractivity (Wildman–Crippen MR) is 105 cm³/mol. The van der Waals surface area contributed by atoms with Gasteiger partial charge in [-0.05, 0) is 49.1 Å². The van der Waals surface area contributed by atoms with E-state index in [0.717, 1.165) is 16.0 Å². The maximum Gasteiger partial charge on any atom is 0.270 e. The molecule has 0 saturated heterocycles. The van der Waals surface area contributed by atoms with Crippen LogP contribution >= 0.6 is 22.9 Å². The number of aliphatic hydroxyl groups excluding tert-OH is 1. The first-order valence-corrected chi connectivity index (χ1v) is 9.35. The van der Waals surface area contributed by atoms with Crippen LogP contribution in [0.25, 0.3) is 22.0 Å². The number of hydrogen-bond donors (Lipinski definition) is 2. The van der Waals surface area contributed by atoms with Crippen LogP contribution < -0.4 is 5.32 Å². The van der Waals surface area contributed by atoms with Crippen molar-refractivity contribution in [1.29, 1.82) is 0 Å². The molecule has 2 aromatic heterocycles. The third-order valence-corrected chi connectivity index (χ3v) is 5.08. The van der Waals surface area contributed by atoms with Crippen LogP contribution in [0.2, 0.25) is 5.02 Å². The van der Waals surface area contributed by atoms with E-state index in [-0.39, 0.29) is 24.2 Å². The first-order valence-electron chi connectivity index (χ1n) is 8.09. The van der Waals surface area contributed by atoms with Gasteiger partial charge in [0.2, 0.25) is 0 Å². The van der Waals surface area contributed by atoms with Crippen LogP contribution in [0.1, 0.15) is 23.0 Å². The van der Waals surface area contributed by atoms with Gasteiger partial charge in [0.15, 0.2) is 5.82 Å². The molecule has 0 radical (unpaired) electrons. The highest BCUT2D eigenvalue weighted by atomic mass is 35.5. The fourth-order valence-corrected chi connectivity index (χ4v) is 3.36. The highest BCUT2D eigenvalue weighted by molar-refractivity contribution is 7.13. The van der Waals surface area contributed by atoms with Crippen LogP contribution in [0.3, 0.4) is 0 Å². The minimum atomic E-state index is -0.358. The number of aryl methyl sites for hydroxylation is 1. The van der Waals surface area contributed by atoms with Crippen LogP contribution in [0, 0.1) is 6.92 Å². The lowest BCUT2D eigenvalue weighted by molar-refractivity contribution is 0.0917. The van der Waals surface area contributed by atoms with E-state index in [1.165, 1.54) is 11.3 Å². The molecular weight excluding hydrogens is 370 g/mol. The summed E-state index contributed by atoms with van der Waals surface area (Å²) in [6.07, 6.45) is 0. The van der Waals surface area contributed by atoms with E-state index in [9.17, 15) is 9.90 Å². The lowest BCUT2D eigenvalue weighted by Gasteiger charge is -2.12. The van der Waals surface area contributed by atoms with Crippen molar-refractivity contribution in [3.8, 4) is 22.0 Å². The van der Waals surface area contributed by atoms with E-state index in [1.54, 1.807) is 25.1 Å². The van der Waals surface area contributed by atoms with Crippen molar-refractivity contribution in [2.45, 2.75) is 19.9 Å². The average Bonchev–Trinajstić information content (AvgIpc) is 3.07. The van der Waals surface area contributed by atoms with E-state index in [1.807, 2.05) is 30.5 Å². The molecule has 134 valence electrons. The third-order valence-electron chi connectivity index (χ3n) is 3.82. The van der Waals surface area contributed by atoms with Gasteiger partial charge in [-0.1, -0.05) is 23.7 Å².